The third-order valence-electron chi connectivity index (χ3n) is 4.23. The summed E-state index contributed by atoms with van der Waals surface area (Å²) in [5.74, 6) is 7.42. The summed E-state index contributed by atoms with van der Waals surface area (Å²) in [6.07, 6.45) is 4.54. The number of rotatable bonds is 3. The first kappa shape index (κ1) is 13.9. The van der Waals surface area contributed by atoms with Gasteiger partial charge in [-0.15, -0.1) is 0 Å². The molecule has 1 saturated carbocycles. The lowest BCUT2D eigenvalue weighted by molar-refractivity contribution is 0.175. The summed E-state index contributed by atoms with van der Waals surface area (Å²) >= 11 is 5.98. The molecule has 0 bridgehead atoms. The van der Waals surface area contributed by atoms with Gasteiger partial charge in [-0.3, -0.25) is 4.90 Å². The van der Waals surface area contributed by atoms with E-state index in [9.17, 15) is 0 Å². The van der Waals surface area contributed by atoms with Gasteiger partial charge in [0, 0.05) is 25.6 Å². The molecule has 1 aliphatic heterocycles. The van der Waals surface area contributed by atoms with Crippen LogP contribution in [0.3, 0.4) is 0 Å². The van der Waals surface area contributed by atoms with Crippen LogP contribution in [0.2, 0.25) is 0 Å². The van der Waals surface area contributed by atoms with E-state index in [1.807, 2.05) is 0 Å². The number of nitrogens with zero attached hydrogens (tertiary/aromatic N) is 1. The molecule has 0 radical (unpaired) electrons. The van der Waals surface area contributed by atoms with Gasteiger partial charge in [0.1, 0.15) is 0 Å². The molecular formula is C17H21ClN2. The summed E-state index contributed by atoms with van der Waals surface area (Å²) in [5, 5.41) is 0. The van der Waals surface area contributed by atoms with E-state index < -0.39 is 0 Å². The molecule has 2 fully saturated rings. The summed E-state index contributed by atoms with van der Waals surface area (Å²) in [5.41, 5.74) is 1.21. The minimum absolute atomic E-state index is 0.169. The number of hydrogen-bond acceptors (Lipinski definition) is 2. The van der Waals surface area contributed by atoms with Crippen LogP contribution in [-0.4, -0.2) is 23.5 Å². The van der Waals surface area contributed by atoms with Gasteiger partial charge in [-0.05, 0) is 43.0 Å². The van der Waals surface area contributed by atoms with E-state index >= 15 is 0 Å². The Balaban J connectivity index is 1.56. The third-order valence-corrected chi connectivity index (χ3v) is 4.59. The second-order valence-electron chi connectivity index (χ2n) is 5.98. The van der Waals surface area contributed by atoms with Crippen molar-refractivity contribution in [3.8, 4) is 11.8 Å². The van der Waals surface area contributed by atoms with Crippen molar-refractivity contribution in [3.05, 3.63) is 35.9 Å². The SMILES string of the molecule is ClNC1(C#CC2CC2)CCN(Cc2ccccc2)CC1. The van der Waals surface area contributed by atoms with Crippen molar-refractivity contribution in [3.63, 3.8) is 0 Å². The lowest BCUT2D eigenvalue weighted by Crippen LogP contribution is -2.49. The van der Waals surface area contributed by atoms with Gasteiger partial charge in [-0.2, -0.15) is 0 Å². The molecule has 3 heteroatoms. The predicted octanol–water partition coefficient (Wildman–Crippen LogP) is 3.18. The van der Waals surface area contributed by atoms with E-state index in [4.69, 9.17) is 11.8 Å². The lowest BCUT2D eigenvalue weighted by atomic mass is 9.89. The number of halogens is 1. The molecule has 20 heavy (non-hydrogen) atoms. The van der Waals surface area contributed by atoms with Crippen molar-refractivity contribution >= 4 is 11.8 Å². The molecule has 1 saturated heterocycles. The van der Waals surface area contributed by atoms with E-state index in [1.165, 1.54) is 18.4 Å². The number of benzene rings is 1. The molecule has 1 N–H and O–H groups in total. The number of likely N-dealkylation sites (tertiary alicyclic amines) is 1. The Morgan fingerprint density at radius 3 is 2.50 bits per heavy atom. The van der Waals surface area contributed by atoms with Gasteiger partial charge in [0.05, 0.1) is 5.54 Å². The fraction of sp³-hybridized carbons (Fsp3) is 0.529. The zero-order valence-electron chi connectivity index (χ0n) is 11.7. The van der Waals surface area contributed by atoms with E-state index in [1.54, 1.807) is 0 Å². The minimum atomic E-state index is -0.169. The van der Waals surface area contributed by atoms with E-state index in [0.717, 1.165) is 32.5 Å². The Bertz CT molecular complexity index is 491. The molecule has 0 atom stereocenters. The molecule has 0 unspecified atom stereocenters. The Kier molecular flexibility index (Phi) is 4.31. The van der Waals surface area contributed by atoms with Crippen LogP contribution in [0.15, 0.2) is 30.3 Å². The Morgan fingerprint density at radius 2 is 1.90 bits per heavy atom. The first-order valence-corrected chi connectivity index (χ1v) is 7.84. The molecule has 3 rings (SSSR count). The maximum absolute atomic E-state index is 5.98. The van der Waals surface area contributed by atoms with E-state index in [2.05, 4.69) is 51.9 Å². The van der Waals surface area contributed by atoms with Crippen LogP contribution in [0.1, 0.15) is 31.2 Å². The van der Waals surface area contributed by atoms with Crippen LogP contribution < -0.4 is 4.84 Å². The minimum Gasteiger partial charge on any atom is -0.299 e. The van der Waals surface area contributed by atoms with Gasteiger partial charge in [-0.25, -0.2) is 4.84 Å². The normalized spacial score (nSPS) is 22.1. The van der Waals surface area contributed by atoms with Gasteiger partial charge in [-0.1, -0.05) is 42.2 Å². The van der Waals surface area contributed by atoms with Gasteiger partial charge in [0.15, 0.2) is 0 Å². The average Bonchev–Trinajstić information content (AvgIpc) is 3.32. The second-order valence-corrected chi connectivity index (χ2v) is 6.17. The molecule has 106 valence electrons. The monoisotopic (exact) mass is 288 g/mol. The van der Waals surface area contributed by atoms with Crippen LogP contribution in [0.25, 0.3) is 0 Å². The highest BCUT2D eigenvalue weighted by Crippen LogP contribution is 2.29. The van der Waals surface area contributed by atoms with E-state index in [-0.39, 0.29) is 5.54 Å². The molecule has 1 heterocycles. The fourth-order valence-electron chi connectivity index (χ4n) is 2.65. The summed E-state index contributed by atoms with van der Waals surface area (Å²) in [6.45, 7) is 3.12. The smallest absolute Gasteiger partial charge is 0.0961 e. The van der Waals surface area contributed by atoms with Gasteiger partial charge < -0.3 is 0 Å². The van der Waals surface area contributed by atoms with Crippen molar-refractivity contribution < 1.29 is 0 Å². The fourth-order valence-corrected chi connectivity index (χ4v) is 2.88. The lowest BCUT2D eigenvalue weighted by Gasteiger charge is -2.37. The highest BCUT2D eigenvalue weighted by molar-refractivity contribution is 6.14. The van der Waals surface area contributed by atoms with Gasteiger partial charge in [0.2, 0.25) is 0 Å². The molecule has 1 aliphatic carbocycles. The van der Waals surface area contributed by atoms with Crippen LogP contribution in [-0.2, 0) is 6.54 Å². The summed E-state index contributed by atoms with van der Waals surface area (Å²) in [7, 11) is 0. The Labute approximate surface area is 126 Å². The molecule has 2 aliphatic rings. The van der Waals surface area contributed by atoms with Crippen molar-refractivity contribution in [1.29, 1.82) is 0 Å². The second kappa shape index (κ2) is 6.18. The molecule has 0 amide bonds. The standard InChI is InChI=1S/C17H21ClN2/c18-19-17(9-8-15-6-7-15)10-12-20(13-11-17)14-16-4-2-1-3-5-16/h1-5,15,19H,6-7,10-14H2. The highest BCUT2D eigenvalue weighted by Gasteiger charge is 2.33. The number of hydrogen-bond donors (Lipinski definition) is 1. The zero-order chi connectivity index (χ0) is 13.8. The topological polar surface area (TPSA) is 15.3 Å². The van der Waals surface area contributed by atoms with Gasteiger partial charge in [0.25, 0.3) is 0 Å². The highest BCUT2D eigenvalue weighted by atomic mass is 35.5. The van der Waals surface area contributed by atoms with Crippen LogP contribution >= 0.6 is 11.8 Å². The molecule has 2 nitrogen and oxygen atoms in total. The third kappa shape index (κ3) is 3.55. The maximum atomic E-state index is 5.98. The molecule has 1 aromatic rings. The van der Waals surface area contributed by atoms with Gasteiger partial charge >= 0.3 is 0 Å². The maximum Gasteiger partial charge on any atom is 0.0961 e. The molecule has 1 aromatic carbocycles. The van der Waals surface area contributed by atoms with Crippen molar-refractivity contribution in [2.75, 3.05) is 13.1 Å². The molecule has 0 aromatic heterocycles. The first-order valence-electron chi connectivity index (χ1n) is 7.46. The van der Waals surface area contributed by atoms with Crippen molar-refractivity contribution in [2.45, 2.75) is 37.8 Å². The zero-order valence-corrected chi connectivity index (χ0v) is 12.5. The van der Waals surface area contributed by atoms with Crippen LogP contribution in [0.5, 0.6) is 0 Å². The average molecular weight is 289 g/mol. The number of piperidine rings is 1. The summed E-state index contributed by atoms with van der Waals surface area (Å²) < 4.78 is 0. The predicted molar refractivity (Wildman–Crippen MR) is 83.2 cm³/mol. The summed E-state index contributed by atoms with van der Waals surface area (Å²) in [6, 6.07) is 10.6. The van der Waals surface area contributed by atoms with Crippen LogP contribution in [0.4, 0.5) is 0 Å². The largest absolute Gasteiger partial charge is 0.299 e. The molecular weight excluding hydrogens is 268 g/mol. The van der Waals surface area contributed by atoms with Crippen molar-refractivity contribution in [1.82, 2.24) is 9.74 Å². The quantitative estimate of drug-likeness (QED) is 0.679. The Hall–Kier alpha value is -1.01. The van der Waals surface area contributed by atoms with Crippen LogP contribution in [0, 0.1) is 17.8 Å². The Morgan fingerprint density at radius 1 is 1.20 bits per heavy atom. The summed E-state index contributed by atoms with van der Waals surface area (Å²) in [4.78, 5) is 5.44. The molecule has 0 spiro atoms. The van der Waals surface area contributed by atoms with Crippen molar-refractivity contribution in [2.24, 2.45) is 5.92 Å². The van der Waals surface area contributed by atoms with E-state index in [0.29, 0.717) is 5.92 Å². The number of nitrogens with one attached hydrogen (secondary N) is 1. The first-order chi connectivity index (χ1) is 9.80.